The molecule has 1 aliphatic carbocycles. The van der Waals surface area contributed by atoms with Crippen molar-refractivity contribution in [3.8, 4) is 0 Å². The Kier molecular flexibility index (Phi) is 3.06. The second kappa shape index (κ2) is 4.13. The first-order valence-electron chi connectivity index (χ1n) is 6.62. The van der Waals surface area contributed by atoms with E-state index in [4.69, 9.17) is 0 Å². The molecule has 0 amide bonds. The Morgan fingerprint density at radius 3 is 2.47 bits per heavy atom. The van der Waals surface area contributed by atoms with Crippen molar-refractivity contribution in [2.24, 2.45) is 16.7 Å². The lowest BCUT2D eigenvalue weighted by Gasteiger charge is -2.07. The van der Waals surface area contributed by atoms with Crippen LogP contribution >= 0.6 is 0 Å². The van der Waals surface area contributed by atoms with Gasteiger partial charge in [-0.15, -0.1) is 0 Å². The summed E-state index contributed by atoms with van der Waals surface area (Å²) in [4.78, 5) is 4.38. The molecule has 1 aromatic heterocycles. The summed E-state index contributed by atoms with van der Waals surface area (Å²) in [6.07, 6.45) is 3.92. The van der Waals surface area contributed by atoms with Crippen molar-refractivity contribution in [2.45, 2.75) is 47.7 Å². The van der Waals surface area contributed by atoms with E-state index in [1.165, 1.54) is 0 Å². The van der Waals surface area contributed by atoms with Crippen molar-refractivity contribution in [3.63, 3.8) is 0 Å². The molecule has 0 aliphatic heterocycles. The van der Waals surface area contributed by atoms with Crippen molar-refractivity contribution in [2.75, 3.05) is 6.54 Å². The zero-order valence-electron chi connectivity index (χ0n) is 11.7. The minimum Gasteiger partial charge on any atom is -0.334 e. The van der Waals surface area contributed by atoms with Gasteiger partial charge in [-0.2, -0.15) is 0 Å². The van der Waals surface area contributed by atoms with Gasteiger partial charge in [-0.25, -0.2) is 4.98 Å². The fourth-order valence-electron chi connectivity index (χ4n) is 2.97. The molecule has 1 heterocycles. The Morgan fingerprint density at radius 1 is 1.29 bits per heavy atom. The Hall–Kier alpha value is -0.830. The highest BCUT2D eigenvalue weighted by atomic mass is 15.1. The lowest BCUT2D eigenvalue weighted by Crippen LogP contribution is -2.21. The highest BCUT2D eigenvalue weighted by Gasteiger charge is 2.63. The monoisotopic (exact) mass is 235 g/mol. The zero-order valence-corrected chi connectivity index (χ0v) is 11.7. The molecule has 0 unspecified atom stereocenters. The van der Waals surface area contributed by atoms with Crippen LogP contribution in [0, 0.1) is 16.7 Å². The maximum absolute atomic E-state index is 4.38. The first-order valence-corrected chi connectivity index (χ1v) is 6.62. The molecule has 17 heavy (non-hydrogen) atoms. The summed E-state index contributed by atoms with van der Waals surface area (Å²) in [5.41, 5.74) is 0.945. The van der Waals surface area contributed by atoms with Crippen LogP contribution in [-0.4, -0.2) is 16.1 Å². The van der Waals surface area contributed by atoms with E-state index < -0.39 is 0 Å². The molecule has 0 aromatic carbocycles. The van der Waals surface area contributed by atoms with Crippen LogP contribution in [0.2, 0.25) is 0 Å². The van der Waals surface area contributed by atoms with Gasteiger partial charge in [0.15, 0.2) is 0 Å². The van der Waals surface area contributed by atoms with Gasteiger partial charge in [-0.3, -0.25) is 0 Å². The molecule has 1 fully saturated rings. The first-order chi connectivity index (χ1) is 7.91. The van der Waals surface area contributed by atoms with Gasteiger partial charge in [0.05, 0.1) is 6.54 Å². The average molecular weight is 235 g/mol. The fourth-order valence-corrected chi connectivity index (χ4v) is 2.97. The molecule has 0 radical (unpaired) electrons. The lowest BCUT2D eigenvalue weighted by atomic mass is 10.0. The van der Waals surface area contributed by atoms with Crippen LogP contribution in [0.5, 0.6) is 0 Å². The summed E-state index contributed by atoms with van der Waals surface area (Å²) < 4.78 is 2.19. The number of nitrogens with zero attached hydrogens (tertiary/aromatic N) is 2. The lowest BCUT2D eigenvalue weighted by molar-refractivity contribution is 0.457. The molecule has 2 rings (SSSR count). The number of aromatic nitrogens is 2. The smallest absolute Gasteiger partial charge is 0.122 e. The minimum atomic E-state index is 0.472. The van der Waals surface area contributed by atoms with E-state index in [-0.39, 0.29) is 0 Å². The molecule has 1 saturated carbocycles. The SMILES string of the molecule is CCn1ccnc1CNCC1C(C)(C)C1(C)C. The van der Waals surface area contributed by atoms with Crippen molar-refractivity contribution >= 4 is 0 Å². The van der Waals surface area contributed by atoms with Gasteiger partial charge in [0.2, 0.25) is 0 Å². The summed E-state index contributed by atoms with van der Waals surface area (Å²) in [5, 5.41) is 3.55. The highest BCUT2D eigenvalue weighted by molar-refractivity contribution is 5.12. The zero-order chi connectivity index (χ0) is 12.7. The van der Waals surface area contributed by atoms with E-state index in [2.05, 4.69) is 49.5 Å². The Labute approximate surface area is 105 Å². The van der Waals surface area contributed by atoms with Gasteiger partial charge >= 0.3 is 0 Å². The van der Waals surface area contributed by atoms with Gasteiger partial charge in [-0.05, 0) is 30.2 Å². The van der Waals surface area contributed by atoms with Crippen LogP contribution in [0.1, 0.15) is 40.4 Å². The Morgan fingerprint density at radius 2 is 1.94 bits per heavy atom. The molecule has 1 aliphatic rings. The number of rotatable bonds is 5. The van der Waals surface area contributed by atoms with E-state index in [0.717, 1.165) is 31.4 Å². The van der Waals surface area contributed by atoms with Gasteiger partial charge < -0.3 is 9.88 Å². The van der Waals surface area contributed by atoms with E-state index in [1.807, 2.05) is 12.4 Å². The number of aryl methyl sites for hydroxylation is 1. The molecule has 0 atom stereocenters. The van der Waals surface area contributed by atoms with Crippen LogP contribution in [-0.2, 0) is 13.1 Å². The third-order valence-corrected chi connectivity index (χ3v) is 5.09. The number of hydrogen-bond donors (Lipinski definition) is 1. The summed E-state index contributed by atoms with van der Waals surface area (Å²) in [5.74, 6) is 1.92. The van der Waals surface area contributed by atoms with Crippen LogP contribution in [0.25, 0.3) is 0 Å². The summed E-state index contributed by atoms with van der Waals surface area (Å²) in [7, 11) is 0. The van der Waals surface area contributed by atoms with E-state index in [9.17, 15) is 0 Å². The second-order valence-corrected chi connectivity index (χ2v) is 6.26. The van der Waals surface area contributed by atoms with Gasteiger partial charge in [0.25, 0.3) is 0 Å². The predicted octanol–water partition coefficient (Wildman–Crippen LogP) is 2.67. The summed E-state index contributed by atoms with van der Waals surface area (Å²) in [6, 6.07) is 0. The van der Waals surface area contributed by atoms with Crippen molar-refractivity contribution in [1.82, 2.24) is 14.9 Å². The average Bonchev–Trinajstić information content (AvgIpc) is 2.64. The number of imidazole rings is 1. The number of hydrogen-bond acceptors (Lipinski definition) is 2. The first kappa shape index (κ1) is 12.6. The molecule has 3 heteroatoms. The largest absolute Gasteiger partial charge is 0.334 e. The molecule has 0 saturated heterocycles. The fraction of sp³-hybridized carbons (Fsp3) is 0.786. The molecule has 3 nitrogen and oxygen atoms in total. The highest BCUT2D eigenvalue weighted by Crippen LogP contribution is 2.67. The standard InChI is InChI=1S/C14H25N3/c1-6-17-8-7-16-12(17)10-15-9-11-13(2,3)14(11,4)5/h7-8,11,15H,6,9-10H2,1-5H3. The summed E-state index contributed by atoms with van der Waals surface area (Å²) >= 11 is 0. The molecular formula is C14H25N3. The Bertz CT molecular complexity index is 376. The Balaban J connectivity index is 1.82. The summed E-state index contributed by atoms with van der Waals surface area (Å²) in [6.45, 7) is 14.6. The predicted molar refractivity (Wildman–Crippen MR) is 70.7 cm³/mol. The second-order valence-electron chi connectivity index (χ2n) is 6.26. The molecular weight excluding hydrogens is 210 g/mol. The molecule has 1 aromatic rings. The van der Waals surface area contributed by atoms with Gasteiger partial charge in [0.1, 0.15) is 5.82 Å². The van der Waals surface area contributed by atoms with Crippen LogP contribution in [0.15, 0.2) is 12.4 Å². The quantitative estimate of drug-likeness (QED) is 0.850. The molecule has 0 bridgehead atoms. The molecule has 1 N–H and O–H groups in total. The van der Waals surface area contributed by atoms with Crippen molar-refractivity contribution < 1.29 is 0 Å². The van der Waals surface area contributed by atoms with Crippen LogP contribution in [0.4, 0.5) is 0 Å². The number of nitrogens with one attached hydrogen (secondary N) is 1. The van der Waals surface area contributed by atoms with E-state index in [0.29, 0.717) is 10.8 Å². The van der Waals surface area contributed by atoms with Crippen LogP contribution < -0.4 is 5.32 Å². The molecule has 0 spiro atoms. The molecule has 96 valence electrons. The van der Waals surface area contributed by atoms with Gasteiger partial charge in [-0.1, -0.05) is 27.7 Å². The minimum absolute atomic E-state index is 0.472. The maximum Gasteiger partial charge on any atom is 0.122 e. The van der Waals surface area contributed by atoms with Crippen LogP contribution in [0.3, 0.4) is 0 Å². The van der Waals surface area contributed by atoms with Gasteiger partial charge in [0, 0.05) is 18.9 Å². The van der Waals surface area contributed by atoms with Crippen molar-refractivity contribution in [3.05, 3.63) is 18.2 Å². The maximum atomic E-state index is 4.38. The van der Waals surface area contributed by atoms with E-state index in [1.54, 1.807) is 0 Å². The topological polar surface area (TPSA) is 29.9 Å². The third-order valence-electron chi connectivity index (χ3n) is 5.09. The van der Waals surface area contributed by atoms with Crippen molar-refractivity contribution in [1.29, 1.82) is 0 Å². The van der Waals surface area contributed by atoms with E-state index >= 15 is 0 Å². The third kappa shape index (κ3) is 2.01. The normalized spacial score (nSPS) is 21.7.